The zero-order valence-corrected chi connectivity index (χ0v) is 8.24. The zero-order valence-electron chi connectivity index (χ0n) is 7.49. The first-order valence-electron chi connectivity index (χ1n) is 4.33. The summed E-state index contributed by atoms with van der Waals surface area (Å²) in [6, 6.07) is 2.07. The first kappa shape index (κ1) is 10.5. The summed E-state index contributed by atoms with van der Waals surface area (Å²) < 4.78 is 37.3. The van der Waals surface area contributed by atoms with Gasteiger partial charge in [-0.25, -0.2) is 0 Å². The molecule has 0 N–H and O–H groups in total. The van der Waals surface area contributed by atoms with Gasteiger partial charge in [-0.1, -0.05) is 17.7 Å². The van der Waals surface area contributed by atoms with Gasteiger partial charge in [0.05, 0.1) is 10.6 Å². The van der Waals surface area contributed by atoms with Gasteiger partial charge in [0.15, 0.2) is 5.78 Å². The quantitative estimate of drug-likeness (QED) is 0.672. The lowest BCUT2D eigenvalue weighted by molar-refractivity contribution is -0.137. The van der Waals surface area contributed by atoms with Gasteiger partial charge >= 0.3 is 6.18 Å². The van der Waals surface area contributed by atoms with Crippen molar-refractivity contribution in [3.05, 3.63) is 33.8 Å². The minimum absolute atomic E-state index is 0.138. The van der Waals surface area contributed by atoms with Crippen LogP contribution in [-0.2, 0) is 12.6 Å². The molecule has 0 fully saturated rings. The van der Waals surface area contributed by atoms with Gasteiger partial charge in [-0.2, -0.15) is 13.2 Å². The first-order chi connectivity index (χ1) is 6.91. The van der Waals surface area contributed by atoms with Gasteiger partial charge in [0.2, 0.25) is 0 Å². The molecule has 80 valence electrons. The Balaban J connectivity index is 2.61. The van der Waals surface area contributed by atoms with E-state index in [2.05, 4.69) is 0 Å². The highest BCUT2D eigenvalue weighted by Crippen LogP contribution is 2.39. The van der Waals surface area contributed by atoms with Gasteiger partial charge < -0.3 is 0 Å². The average Bonchev–Trinajstić information content (AvgIpc) is 2.47. The average molecular weight is 235 g/mol. The van der Waals surface area contributed by atoms with Crippen LogP contribution in [0, 0.1) is 0 Å². The molecule has 0 saturated heterocycles. The summed E-state index contributed by atoms with van der Waals surface area (Å²) in [6.45, 7) is 0. The molecular formula is C10H6ClF3O. The lowest BCUT2D eigenvalue weighted by atomic mass is 10.1. The Kier molecular flexibility index (Phi) is 2.26. The molecule has 1 aromatic carbocycles. The summed E-state index contributed by atoms with van der Waals surface area (Å²) in [5, 5.41) is -0.328. The summed E-state index contributed by atoms with van der Waals surface area (Å²) in [5.41, 5.74) is -0.206. The number of hydrogen-bond donors (Lipinski definition) is 0. The van der Waals surface area contributed by atoms with E-state index in [1.165, 1.54) is 6.07 Å². The topological polar surface area (TPSA) is 17.1 Å². The molecule has 2 rings (SSSR count). The SMILES string of the molecule is O=C1CCc2c1ccc(C(F)(F)F)c2Cl. The number of hydrogen-bond acceptors (Lipinski definition) is 1. The minimum atomic E-state index is -4.46. The van der Waals surface area contributed by atoms with Crippen molar-refractivity contribution in [2.75, 3.05) is 0 Å². The number of alkyl halides is 3. The molecule has 0 saturated carbocycles. The third kappa shape index (κ3) is 1.63. The molecule has 0 spiro atoms. The number of rotatable bonds is 0. The van der Waals surface area contributed by atoms with Crippen molar-refractivity contribution in [1.82, 2.24) is 0 Å². The molecular weight excluding hydrogens is 229 g/mol. The maximum absolute atomic E-state index is 12.4. The Morgan fingerprint density at radius 2 is 1.87 bits per heavy atom. The maximum Gasteiger partial charge on any atom is 0.417 e. The van der Waals surface area contributed by atoms with Crippen molar-refractivity contribution in [3.63, 3.8) is 0 Å². The van der Waals surface area contributed by atoms with Crippen LogP contribution in [0.3, 0.4) is 0 Å². The van der Waals surface area contributed by atoms with E-state index in [0.717, 1.165) is 6.07 Å². The number of carbonyl (C=O) groups is 1. The van der Waals surface area contributed by atoms with Gasteiger partial charge in [0, 0.05) is 12.0 Å². The Labute approximate surface area is 88.8 Å². The number of halogens is 4. The number of fused-ring (bicyclic) bond motifs is 1. The van der Waals surface area contributed by atoms with Crippen molar-refractivity contribution in [2.24, 2.45) is 0 Å². The van der Waals surface area contributed by atoms with Crippen molar-refractivity contribution >= 4 is 17.4 Å². The van der Waals surface area contributed by atoms with E-state index in [1.807, 2.05) is 0 Å². The second kappa shape index (κ2) is 3.23. The van der Waals surface area contributed by atoms with Crippen molar-refractivity contribution in [2.45, 2.75) is 19.0 Å². The van der Waals surface area contributed by atoms with Gasteiger partial charge in [-0.3, -0.25) is 4.79 Å². The van der Waals surface area contributed by atoms with Crippen LogP contribution in [0.4, 0.5) is 13.2 Å². The highest BCUT2D eigenvalue weighted by atomic mass is 35.5. The van der Waals surface area contributed by atoms with Crippen LogP contribution in [0.15, 0.2) is 12.1 Å². The number of Topliss-reactive ketones (excluding diaryl/α,β-unsaturated/α-hetero) is 1. The van der Waals surface area contributed by atoms with Gasteiger partial charge in [0.25, 0.3) is 0 Å². The Morgan fingerprint density at radius 3 is 2.47 bits per heavy atom. The summed E-state index contributed by atoms with van der Waals surface area (Å²) in [4.78, 5) is 11.2. The third-order valence-corrected chi connectivity index (χ3v) is 2.88. The largest absolute Gasteiger partial charge is 0.417 e. The van der Waals surface area contributed by atoms with Crippen LogP contribution in [0.5, 0.6) is 0 Å². The summed E-state index contributed by atoms with van der Waals surface area (Å²) >= 11 is 5.63. The summed E-state index contributed by atoms with van der Waals surface area (Å²) in [5.74, 6) is -0.138. The first-order valence-corrected chi connectivity index (χ1v) is 4.71. The predicted octanol–water partition coefficient (Wildman–Crippen LogP) is 3.49. The van der Waals surface area contributed by atoms with E-state index in [0.29, 0.717) is 17.5 Å². The number of carbonyl (C=O) groups excluding carboxylic acids is 1. The highest BCUT2D eigenvalue weighted by molar-refractivity contribution is 6.33. The van der Waals surface area contributed by atoms with E-state index >= 15 is 0 Å². The monoisotopic (exact) mass is 234 g/mol. The zero-order chi connectivity index (χ0) is 11.2. The summed E-state index contributed by atoms with van der Waals surface area (Å²) in [6.07, 6.45) is -3.91. The van der Waals surface area contributed by atoms with Crippen molar-refractivity contribution < 1.29 is 18.0 Å². The molecule has 1 aromatic rings. The molecule has 0 atom stereocenters. The van der Waals surface area contributed by atoms with E-state index < -0.39 is 11.7 Å². The van der Waals surface area contributed by atoms with Crippen molar-refractivity contribution in [1.29, 1.82) is 0 Å². The molecule has 0 bridgehead atoms. The fourth-order valence-corrected chi connectivity index (χ4v) is 2.09. The molecule has 0 amide bonds. The molecule has 0 aliphatic heterocycles. The second-order valence-corrected chi connectivity index (χ2v) is 3.75. The smallest absolute Gasteiger partial charge is 0.294 e. The lowest BCUT2D eigenvalue weighted by Crippen LogP contribution is -2.07. The number of benzene rings is 1. The molecule has 5 heteroatoms. The van der Waals surface area contributed by atoms with Crippen LogP contribution in [-0.4, -0.2) is 5.78 Å². The van der Waals surface area contributed by atoms with Crippen LogP contribution >= 0.6 is 11.6 Å². The van der Waals surface area contributed by atoms with Crippen LogP contribution in [0.25, 0.3) is 0 Å². The molecule has 0 heterocycles. The molecule has 0 aromatic heterocycles. The Bertz CT molecular complexity index is 437. The van der Waals surface area contributed by atoms with E-state index in [-0.39, 0.29) is 17.2 Å². The normalized spacial score (nSPS) is 15.6. The minimum Gasteiger partial charge on any atom is -0.294 e. The molecule has 0 radical (unpaired) electrons. The lowest BCUT2D eigenvalue weighted by Gasteiger charge is -2.11. The van der Waals surface area contributed by atoms with E-state index in [9.17, 15) is 18.0 Å². The van der Waals surface area contributed by atoms with Crippen LogP contribution in [0.2, 0.25) is 5.02 Å². The molecule has 1 nitrogen and oxygen atoms in total. The van der Waals surface area contributed by atoms with Gasteiger partial charge in [-0.15, -0.1) is 0 Å². The van der Waals surface area contributed by atoms with Crippen LogP contribution in [0.1, 0.15) is 27.9 Å². The van der Waals surface area contributed by atoms with Gasteiger partial charge in [0.1, 0.15) is 0 Å². The third-order valence-electron chi connectivity index (χ3n) is 2.45. The number of ketones is 1. The predicted molar refractivity (Wildman–Crippen MR) is 49.1 cm³/mol. The highest BCUT2D eigenvalue weighted by Gasteiger charge is 2.36. The fourth-order valence-electron chi connectivity index (χ4n) is 1.72. The fraction of sp³-hybridized carbons (Fsp3) is 0.300. The van der Waals surface area contributed by atoms with Crippen molar-refractivity contribution in [3.8, 4) is 0 Å². The molecule has 1 aliphatic carbocycles. The van der Waals surface area contributed by atoms with E-state index in [1.54, 1.807) is 0 Å². The maximum atomic E-state index is 12.4. The Hall–Kier alpha value is -1.03. The van der Waals surface area contributed by atoms with Crippen LogP contribution < -0.4 is 0 Å². The van der Waals surface area contributed by atoms with Gasteiger partial charge in [-0.05, 0) is 18.1 Å². The Morgan fingerprint density at radius 1 is 1.20 bits per heavy atom. The standard InChI is InChI=1S/C10H6ClF3O/c11-9-6-2-4-8(15)5(6)1-3-7(9)10(12,13)14/h1,3H,2,4H2. The summed E-state index contributed by atoms with van der Waals surface area (Å²) in [7, 11) is 0. The molecule has 1 aliphatic rings. The molecule has 15 heavy (non-hydrogen) atoms. The molecule has 0 unspecified atom stereocenters. The van der Waals surface area contributed by atoms with E-state index in [4.69, 9.17) is 11.6 Å². The second-order valence-electron chi connectivity index (χ2n) is 3.37.